The third-order valence-corrected chi connectivity index (χ3v) is 4.37. The second-order valence-electron chi connectivity index (χ2n) is 7.32. The Labute approximate surface area is 197 Å². The van der Waals surface area contributed by atoms with Gasteiger partial charge in [-0.05, 0) is 12.3 Å². The van der Waals surface area contributed by atoms with E-state index in [-0.39, 0.29) is 63.8 Å². The van der Waals surface area contributed by atoms with Gasteiger partial charge in [-0.2, -0.15) is 0 Å². The largest absolute Gasteiger partial charge is 1.00 e. The van der Waals surface area contributed by atoms with E-state index in [4.69, 9.17) is 0 Å². The smallest absolute Gasteiger partial charge is 0.548 e. The quantitative estimate of drug-likeness (QED) is 0.302. The van der Waals surface area contributed by atoms with Crippen LogP contribution >= 0.6 is 0 Å². The summed E-state index contributed by atoms with van der Waals surface area (Å²) in [4.78, 5) is 21.5. The van der Waals surface area contributed by atoms with Crippen molar-refractivity contribution < 1.29 is 66.1 Å². The van der Waals surface area contributed by atoms with Gasteiger partial charge in [0, 0.05) is 6.42 Å². The molecule has 0 saturated carbocycles. The monoisotopic (exact) mass is 379 g/mol. The molecule has 0 aromatic rings. The molecular weight excluding hydrogens is 341 g/mol. The second kappa shape index (κ2) is 20.9. The molecular formula is C20H38KNO3. The Kier molecular flexibility index (Phi) is 23.2. The molecule has 0 aliphatic rings. The van der Waals surface area contributed by atoms with E-state index in [1.165, 1.54) is 70.6 Å². The van der Waals surface area contributed by atoms with Crippen LogP contribution < -0.4 is 61.8 Å². The van der Waals surface area contributed by atoms with Crippen molar-refractivity contribution in [3.63, 3.8) is 0 Å². The van der Waals surface area contributed by atoms with Crippen LogP contribution in [0.25, 0.3) is 0 Å². The van der Waals surface area contributed by atoms with Crippen LogP contribution in [0.5, 0.6) is 0 Å². The number of hydrogen-bond acceptors (Lipinski definition) is 3. The molecule has 0 aliphatic heterocycles. The molecule has 0 unspecified atom stereocenters. The number of nitrogens with one attached hydrogen (secondary N) is 1. The van der Waals surface area contributed by atoms with Crippen molar-refractivity contribution >= 4 is 11.9 Å². The number of hydrogen-bond donors (Lipinski definition) is 1. The van der Waals surface area contributed by atoms with Crippen molar-refractivity contribution in [1.82, 2.24) is 5.32 Å². The van der Waals surface area contributed by atoms with Crippen LogP contribution in [-0.2, 0) is 9.59 Å². The summed E-state index contributed by atoms with van der Waals surface area (Å²) in [5.74, 6) is -0.576. The molecule has 0 saturated heterocycles. The number of carbonyl (C=O) groups is 2. The van der Waals surface area contributed by atoms with Crippen molar-refractivity contribution in [2.24, 2.45) is 5.92 Å². The molecule has 4 nitrogen and oxygen atoms in total. The van der Waals surface area contributed by atoms with Gasteiger partial charge in [0.25, 0.3) is 0 Å². The zero-order valence-corrected chi connectivity index (χ0v) is 20.0. The molecule has 0 rings (SSSR count). The molecule has 0 aromatic carbocycles. The van der Waals surface area contributed by atoms with Gasteiger partial charge in [0.2, 0.25) is 5.91 Å². The minimum absolute atomic E-state index is 0. The van der Waals surface area contributed by atoms with E-state index in [0.717, 1.165) is 18.8 Å². The van der Waals surface area contributed by atoms with Crippen molar-refractivity contribution in [2.45, 2.75) is 104 Å². The van der Waals surface area contributed by atoms with Gasteiger partial charge in [0.1, 0.15) is 0 Å². The predicted octanol–water partition coefficient (Wildman–Crippen LogP) is 0.974. The zero-order valence-electron chi connectivity index (χ0n) is 16.9. The molecule has 0 atom stereocenters. The summed E-state index contributed by atoms with van der Waals surface area (Å²) in [7, 11) is 0. The molecule has 25 heavy (non-hydrogen) atoms. The number of carboxylic acids is 1. The molecule has 0 heterocycles. The molecule has 0 spiro atoms. The predicted molar refractivity (Wildman–Crippen MR) is 97.5 cm³/mol. The average Bonchev–Trinajstić information content (AvgIpc) is 2.52. The minimum Gasteiger partial charge on any atom is -0.548 e. The van der Waals surface area contributed by atoms with E-state index in [1.54, 1.807) is 0 Å². The van der Waals surface area contributed by atoms with Crippen LogP contribution in [0.15, 0.2) is 0 Å². The van der Waals surface area contributed by atoms with Crippen molar-refractivity contribution in [1.29, 1.82) is 0 Å². The molecule has 1 N–H and O–H groups in total. The third kappa shape index (κ3) is 24.6. The van der Waals surface area contributed by atoms with Crippen LogP contribution in [0.2, 0.25) is 0 Å². The summed E-state index contributed by atoms with van der Waals surface area (Å²) in [5.41, 5.74) is 0. The average molecular weight is 380 g/mol. The Bertz CT molecular complexity index is 322. The molecule has 1 amide bonds. The summed E-state index contributed by atoms with van der Waals surface area (Å²) >= 11 is 0. The molecule has 0 radical (unpaired) electrons. The molecule has 0 bridgehead atoms. The van der Waals surface area contributed by atoms with Crippen molar-refractivity contribution in [3.8, 4) is 0 Å². The Morgan fingerprint density at radius 2 is 1.16 bits per heavy atom. The summed E-state index contributed by atoms with van der Waals surface area (Å²) in [5, 5.41) is 12.5. The first kappa shape index (κ1) is 27.8. The third-order valence-electron chi connectivity index (χ3n) is 4.37. The number of carbonyl (C=O) groups excluding carboxylic acids is 2. The number of unbranched alkanes of at least 4 members (excludes halogenated alkanes) is 11. The van der Waals surface area contributed by atoms with E-state index in [1.807, 2.05) is 0 Å². The first-order valence-electron chi connectivity index (χ1n) is 9.99. The van der Waals surface area contributed by atoms with Crippen LogP contribution in [0, 0.1) is 5.92 Å². The maximum absolute atomic E-state index is 11.3. The maximum atomic E-state index is 11.3. The molecule has 0 fully saturated rings. The van der Waals surface area contributed by atoms with Gasteiger partial charge in [-0.25, -0.2) is 0 Å². The van der Waals surface area contributed by atoms with Gasteiger partial charge in [-0.15, -0.1) is 0 Å². The van der Waals surface area contributed by atoms with Crippen molar-refractivity contribution in [2.75, 3.05) is 6.54 Å². The normalized spacial score (nSPS) is 10.5. The standard InChI is InChI=1S/C20H39NO3.K/c1-18(2)15-13-11-9-7-5-3-4-6-8-10-12-14-16-19(22)21-17-20(23)24;/h18H,3-17H2,1-2H3,(H,21,22)(H,23,24);/q;+1/p-1. The van der Waals surface area contributed by atoms with E-state index < -0.39 is 5.97 Å². The van der Waals surface area contributed by atoms with Crippen LogP contribution in [-0.4, -0.2) is 18.4 Å². The van der Waals surface area contributed by atoms with Crippen LogP contribution in [0.4, 0.5) is 0 Å². The van der Waals surface area contributed by atoms with E-state index >= 15 is 0 Å². The van der Waals surface area contributed by atoms with Gasteiger partial charge < -0.3 is 15.2 Å². The van der Waals surface area contributed by atoms with Gasteiger partial charge in [0.15, 0.2) is 0 Å². The summed E-state index contributed by atoms with van der Waals surface area (Å²) in [6.45, 7) is 4.22. The van der Waals surface area contributed by atoms with Gasteiger partial charge >= 0.3 is 51.4 Å². The molecule has 0 aliphatic carbocycles. The second-order valence-corrected chi connectivity index (χ2v) is 7.32. The summed E-state index contributed by atoms with van der Waals surface area (Å²) in [6.07, 6.45) is 17.0. The topological polar surface area (TPSA) is 69.2 Å². The molecule has 142 valence electrons. The SMILES string of the molecule is CC(C)CCCCCCCCCCCCCCC(=O)NCC(=O)[O-].[K+]. The van der Waals surface area contributed by atoms with Crippen molar-refractivity contribution in [3.05, 3.63) is 0 Å². The summed E-state index contributed by atoms with van der Waals surface area (Å²) in [6, 6.07) is 0. The molecule has 5 heteroatoms. The number of carboxylic acid groups (broad SMARTS) is 1. The van der Waals surface area contributed by atoms with E-state index in [9.17, 15) is 14.7 Å². The van der Waals surface area contributed by atoms with Gasteiger partial charge in [-0.3, -0.25) is 4.79 Å². The zero-order chi connectivity index (χ0) is 18.0. The van der Waals surface area contributed by atoms with Gasteiger partial charge in [0.05, 0.1) is 12.5 Å². The molecule has 0 aromatic heterocycles. The fourth-order valence-corrected chi connectivity index (χ4v) is 2.87. The number of aliphatic carboxylic acids is 1. The summed E-state index contributed by atoms with van der Waals surface area (Å²) < 4.78 is 0. The Morgan fingerprint density at radius 3 is 1.56 bits per heavy atom. The van der Waals surface area contributed by atoms with Gasteiger partial charge in [-0.1, -0.05) is 90.9 Å². The minimum atomic E-state index is -1.24. The van der Waals surface area contributed by atoms with Crippen LogP contribution in [0.3, 0.4) is 0 Å². The Balaban J connectivity index is 0. The first-order valence-corrected chi connectivity index (χ1v) is 9.99. The van der Waals surface area contributed by atoms with E-state index in [0.29, 0.717) is 6.42 Å². The van der Waals surface area contributed by atoms with E-state index in [2.05, 4.69) is 19.2 Å². The Morgan fingerprint density at radius 1 is 0.760 bits per heavy atom. The Hall–Kier alpha value is 0.576. The fourth-order valence-electron chi connectivity index (χ4n) is 2.87. The first-order chi connectivity index (χ1) is 11.5. The van der Waals surface area contributed by atoms with Crippen LogP contribution in [0.1, 0.15) is 104 Å². The number of amides is 1. The fraction of sp³-hybridized carbons (Fsp3) is 0.900. The number of rotatable bonds is 17. The maximum Gasteiger partial charge on any atom is 1.00 e.